The summed E-state index contributed by atoms with van der Waals surface area (Å²) in [6, 6.07) is 21.8. The Kier molecular flexibility index (Phi) is 11.2. The first kappa shape index (κ1) is 37.7. The number of hydrogen-bond donors (Lipinski definition) is 3. The number of hydrogen-bond acceptors (Lipinski definition) is 12. The fourth-order valence-corrected chi connectivity index (χ4v) is 7.62. The molecule has 16 heteroatoms. The van der Waals surface area contributed by atoms with Crippen LogP contribution in [0, 0.1) is 0 Å². The highest BCUT2D eigenvalue weighted by Crippen LogP contribution is 2.35. The number of benzene rings is 3. The number of fused-ring (bicyclic) bond motifs is 2. The Morgan fingerprint density at radius 3 is 2.56 bits per heavy atom. The number of anilines is 2. The summed E-state index contributed by atoms with van der Waals surface area (Å²) >= 11 is 0. The van der Waals surface area contributed by atoms with E-state index in [2.05, 4.69) is 25.5 Å². The summed E-state index contributed by atoms with van der Waals surface area (Å²) in [5.74, 6) is 0.456. The Bertz CT molecular complexity index is 2280. The molecule has 0 radical (unpaired) electrons. The Morgan fingerprint density at radius 1 is 0.930 bits per heavy atom. The normalized spacial score (nSPS) is 18.5. The van der Waals surface area contributed by atoms with E-state index in [1.807, 2.05) is 59.3 Å². The van der Waals surface area contributed by atoms with Crippen molar-refractivity contribution in [3.8, 4) is 22.8 Å². The second-order valence-electron chi connectivity index (χ2n) is 14.3. The van der Waals surface area contributed by atoms with E-state index in [1.54, 1.807) is 18.2 Å². The first-order valence-electron chi connectivity index (χ1n) is 19.1. The lowest BCUT2D eigenvalue weighted by atomic mass is 10.0. The standard InChI is InChI=1S/C41H43N9O7/c42-38-36-37(26-8-11-31(12-9-26)57-30-6-2-1-3-7-30)47-50(39(36)44-25-43-38)29-5-4-16-48(23-29)17-18-55-19-20-56-24-35(52)45-28-10-13-32-27(21-28)22-49(41(32)54)33-14-15-34(51)46-40(33)53/h1-3,6-13,21,25,29,33H,4-5,14-20,22-24H2,(H,45,52)(H2,42,43,44)(H,46,51,53)/t29-,33?/m1/s1. The van der Waals surface area contributed by atoms with Gasteiger partial charge in [0, 0.05) is 42.9 Å². The van der Waals surface area contributed by atoms with E-state index in [0.29, 0.717) is 41.5 Å². The molecule has 57 heavy (non-hydrogen) atoms. The van der Waals surface area contributed by atoms with Gasteiger partial charge in [-0.1, -0.05) is 18.2 Å². The second-order valence-corrected chi connectivity index (χ2v) is 14.3. The molecule has 16 nitrogen and oxygen atoms in total. The average Bonchev–Trinajstić information content (AvgIpc) is 3.77. The van der Waals surface area contributed by atoms with Crippen molar-refractivity contribution in [3.63, 3.8) is 0 Å². The molecule has 0 saturated carbocycles. The molecule has 2 atom stereocenters. The lowest BCUT2D eigenvalue weighted by molar-refractivity contribution is -0.137. The maximum absolute atomic E-state index is 12.9. The molecular weight excluding hydrogens is 731 g/mol. The molecule has 2 fully saturated rings. The molecule has 294 valence electrons. The number of imide groups is 1. The van der Waals surface area contributed by atoms with Crippen molar-refractivity contribution < 1.29 is 33.4 Å². The monoisotopic (exact) mass is 773 g/mol. The molecule has 2 aromatic heterocycles. The van der Waals surface area contributed by atoms with Gasteiger partial charge < -0.3 is 30.2 Å². The van der Waals surface area contributed by atoms with Crippen molar-refractivity contribution in [2.45, 2.75) is 44.3 Å². The smallest absolute Gasteiger partial charge is 0.255 e. The number of nitrogen functional groups attached to an aromatic ring is 1. The topological polar surface area (TPSA) is 196 Å². The van der Waals surface area contributed by atoms with Gasteiger partial charge in [-0.15, -0.1) is 0 Å². The SMILES string of the molecule is Nc1ncnc2c1c(-c1ccc(Oc3ccccc3)cc1)nn2[C@@H]1CCCN(CCOCCOCC(=O)Nc2ccc3c(c2)CN(C2CCC(=O)NC2=O)C3=O)C1. The minimum atomic E-state index is -0.697. The predicted octanol–water partition coefficient (Wildman–Crippen LogP) is 3.94. The molecule has 0 aliphatic carbocycles. The van der Waals surface area contributed by atoms with E-state index in [-0.39, 0.29) is 56.4 Å². The van der Waals surface area contributed by atoms with Gasteiger partial charge in [-0.05, 0) is 86.0 Å². The van der Waals surface area contributed by atoms with Crippen LogP contribution in [-0.2, 0) is 30.4 Å². The Balaban J connectivity index is 0.780. The zero-order valence-corrected chi connectivity index (χ0v) is 31.3. The highest BCUT2D eigenvalue weighted by atomic mass is 16.5. The summed E-state index contributed by atoms with van der Waals surface area (Å²) in [6.07, 6.45) is 3.89. The molecule has 5 heterocycles. The molecule has 8 rings (SSSR count). The lowest BCUT2D eigenvalue weighted by Crippen LogP contribution is -2.52. The number of para-hydroxylation sites is 1. The molecule has 4 amide bonds. The summed E-state index contributed by atoms with van der Waals surface area (Å²) < 4.78 is 19.4. The van der Waals surface area contributed by atoms with Crippen LogP contribution in [0.25, 0.3) is 22.3 Å². The molecule has 3 aliphatic heterocycles. The van der Waals surface area contributed by atoms with Crippen molar-refractivity contribution in [1.82, 2.24) is 34.9 Å². The predicted molar refractivity (Wildman–Crippen MR) is 209 cm³/mol. The number of carbonyl (C=O) groups excluding carboxylic acids is 4. The van der Waals surface area contributed by atoms with Crippen LogP contribution in [0.3, 0.4) is 0 Å². The summed E-state index contributed by atoms with van der Waals surface area (Å²) in [5, 5.41) is 10.9. The Hall–Kier alpha value is -6.23. The van der Waals surface area contributed by atoms with E-state index in [4.69, 9.17) is 25.0 Å². The van der Waals surface area contributed by atoms with Gasteiger partial charge in [-0.3, -0.25) is 29.4 Å². The van der Waals surface area contributed by atoms with Crippen LogP contribution in [0.5, 0.6) is 11.5 Å². The van der Waals surface area contributed by atoms with Gasteiger partial charge >= 0.3 is 0 Å². The van der Waals surface area contributed by atoms with Crippen LogP contribution in [0.15, 0.2) is 79.1 Å². The van der Waals surface area contributed by atoms with Crippen LogP contribution < -0.4 is 21.1 Å². The highest BCUT2D eigenvalue weighted by molar-refractivity contribution is 6.06. The molecule has 0 bridgehead atoms. The Labute approximate surface area is 328 Å². The molecule has 1 unspecified atom stereocenters. The number of rotatable bonds is 14. The molecule has 5 aromatic rings. The van der Waals surface area contributed by atoms with Crippen molar-refractivity contribution >= 4 is 46.2 Å². The van der Waals surface area contributed by atoms with Crippen molar-refractivity contribution in [3.05, 3.63) is 90.3 Å². The average molecular weight is 774 g/mol. The number of carbonyl (C=O) groups is 4. The zero-order chi connectivity index (χ0) is 39.3. The third-order valence-electron chi connectivity index (χ3n) is 10.4. The highest BCUT2D eigenvalue weighted by Gasteiger charge is 2.39. The fraction of sp³-hybridized carbons (Fsp3) is 0.341. The van der Waals surface area contributed by atoms with Crippen LogP contribution in [0.4, 0.5) is 11.5 Å². The molecule has 4 N–H and O–H groups in total. The van der Waals surface area contributed by atoms with Gasteiger partial charge in [0.25, 0.3) is 5.91 Å². The van der Waals surface area contributed by atoms with E-state index < -0.39 is 11.9 Å². The fourth-order valence-electron chi connectivity index (χ4n) is 7.62. The summed E-state index contributed by atoms with van der Waals surface area (Å²) in [7, 11) is 0. The van der Waals surface area contributed by atoms with E-state index >= 15 is 0 Å². The van der Waals surface area contributed by atoms with Crippen LogP contribution in [-0.4, -0.2) is 105 Å². The number of ether oxygens (including phenoxy) is 3. The summed E-state index contributed by atoms with van der Waals surface area (Å²) in [6.45, 7) is 3.59. The van der Waals surface area contributed by atoms with E-state index in [0.717, 1.165) is 60.6 Å². The minimum Gasteiger partial charge on any atom is -0.457 e. The number of aromatic nitrogens is 4. The number of piperidine rings is 2. The van der Waals surface area contributed by atoms with Gasteiger partial charge in [-0.2, -0.15) is 5.10 Å². The molecular formula is C41H43N9O7. The number of nitrogens with two attached hydrogens (primary N) is 1. The maximum atomic E-state index is 12.9. The first-order chi connectivity index (χ1) is 27.8. The van der Waals surface area contributed by atoms with E-state index in [1.165, 1.54) is 11.2 Å². The number of nitrogens with one attached hydrogen (secondary N) is 2. The van der Waals surface area contributed by atoms with E-state index in [9.17, 15) is 19.2 Å². The number of nitrogens with zero attached hydrogens (tertiary/aromatic N) is 6. The van der Waals surface area contributed by atoms with Gasteiger partial charge in [0.05, 0.1) is 31.2 Å². The molecule has 0 spiro atoms. The third kappa shape index (κ3) is 8.47. The number of likely N-dealkylation sites (tertiary alicyclic amines) is 1. The summed E-state index contributed by atoms with van der Waals surface area (Å²) in [4.78, 5) is 62.1. The molecule has 3 aromatic carbocycles. The van der Waals surface area contributed by atoms with Gasteiger partial charge in [-0.25, -0.2) is 14.6 Å². The van der Waals surface area contributed by atoms with Gasteiger partial charge in [0.2, 0.25) is 17.7 Å². The van der Waals surface area contributed by atoms with Gasteiger partial charge in [0.15, 0.2) is 5.65 Å². The largest absolute Gasteiger partial charge is 0.457 e. The lowest BCUT2D eigenvalue weighted by Gasteiger charge is -2.32. The molecule has 3 aliphatic rings. The molecule has 2 saturated heterocycles. The maximum Gasteiger partial charge on any atom is 0.255 e. The zero-order valence-electron chi connectivity index (χ0n) is 31.3. The van der Waals surface area contributed by atoms with Crippen LogP contribution in [0.1, 0.15) is 47.6 Å². The van der Waals surface area contributed by atoms with Crippen molar-refractivity contribution in [1.29, 1.82) is 0 Å². The quantitative estimate of drug-likeness (QED) is 0.109. The van der Waals surface area contributed by atoms with Crippen LogP contribution >= 0.6 is 0 Å². The summed E-state index contributed by atoms with van der Waals surface area (Å²) in [5.41, 5.74) is 10.4. The third-order valence-corrected chi connectivity index (χ3v) is 10.4. The number of amides is 4. The first-order valence-corrected chi connectivity index (χ1v) is 19.1. The Morgan fingerprint density at radius 2 is 1.74 bits per heavy atom. The van der Waals surface area contributed by atoms with Crippen molar-refractivity contribution in [2.24, 2.45) is 0 Å². The van der Waals surface area contributed by atoms with Gasteiger partial charge in [0.1, 0.15) is 42.0 Å². The van der Waals surface area contributed by atoms with Crippen LogP contribution in [0.2, 0.25) is 0 Å². The van der Waals surface area contributed by atoms with Crippen molar-refractivity contribution in [2.75, 3.05) is 57.1 Å². The second kappa shape index (κ2) is 16.9. The minimum absolute atomic E-state index is 0.0854.